The molecule has 0 unspecified atom stereocenters. The maximum absolute atomic E-state index is 8.78. The molecular weight excluding hydrogens is 322 g/mol. The minimum Gasteiger partial charge on any atom is -0.472 e. The summed E-state index contributed by atoms with van der Waals surface area (Å²) in [6.45, 7) is 2.19. The van der Waals surface area contributed by atoms with E-state index in [0.717, 1.165) is 15.7 Å². The quantitative estimate of drug-likeness (QED) is 0.389. The van der Waals surface area contributed by atoms with Crippen molar-refractivity contribution in [1.82, 2.24) is 4.98 Å². The van der Waals surface area contributed by atoms with Gasteiger partial charge < -0.3 is 15.7 Å². The van der Waals surface area contributed by atoms with Gasteiger partial charge in [-0.3, -0.25) is 0 Å². The Labute approximate surface area is 125 Å². The van der Waals surface area contributed by atoms with Gasteiger partial charge in [-0.05, 0) is 25.1 Å². The third-order valence-corrected chi connectivity index (χ3v) is 3.48. The summed E-state index contributed by atoms with van der Waals surface area (Å²) in [4.78, 5) is 4.28. The van der Waals surface area contributed by atoms with Gasteiger partial charge in [0.15, 0.2) is 5.84 Å². The first-order chi connectivity index (χ1) is 9.61. The Morgan fingerprint density at radius 2 is 2.10 bits per heavy atom. The molecule has 1 heterocycles. The van der Waals surface area contributed by atoms with Crippen LogP contribution in [0.5, 0.6) is 5.88 Å². The summed E-state index contributed by atoms with van der Waals surface area (Å²) in [5.74, 6) is 0.315. The molecule has 1 aromatic carbocycles. The molecule has 2 rings (SSSR count). The van der Waals surface area contributed by atoms with Crippen LogP contribution in [0, 0.1) is 6.92 Å². The number of nitrogens with zero attached hydrogens (tertiary/aromatic N) is 2. The Hall–Kier alpha value is -2.08. The molecule has 0 fully saturated rings. The van der Waals surface area contributed by atoms with Gasteiger partial charge in [-0.15, -0.1) is 0 Å². The lowest BCUT2D eigenvalue weighted by molar-refractivity contribution is 0.290. The van der Waals surface area contributed by atoms with Gasteiger partial charge in [-0.25, -0.2) is 4.98 Å². The fraction of sp³-hybridized carbons (Fsp3) is 0.143. The number of nitrogens with two attached hydrogens (primary N) is 1. The number of hydrogen-bond donors (Lipinski definition) is 2. The minimum atomic E-state index is -0.0281. The van der Waals surface area contributed by atoms with Crippen LogP contribution in [0.4, 0.5) is 0 Å². The molecule has 0 saturated heterocycles. The Kier molecular flexibility index (Phi) is 4.57. The van der Waals surface area contributed by atoms with Gasteiger partial charge in [0.1, 0.15) is 6.61 Å². The zero-order chi connectivity index (χ0) is 14.5. The van der Waals surface area contributed by atoms with E-state index in [0.29, 0.717) is 18.1 Å². The van der Waals surface area contributed by atoms with Crippen molar-refractivity contribution in [3.63, 3.8) is 0 Å². The Bertz CT molecular complexity index is 644. The molecule has 0 atom stereocenters. The van der Waals surface area contributed by atoms with Crippen molar-refractivity contribution in [2.75, 3.05) is 0 Å². The summed E-state index contributed by atoms with van der Waals surface area (Å²) in [6.07, 6.45) is 0. The van der Waals surface area contributed by atoms with E-state index in [1.54, 1.807) is 12.1 Å². The fourth-order valence-electron chi connectivity index (χ4n) is 1.65. The van der Waals surface area contributed by atoms with Gasteiger partial charge in [0.05, 0.1) is 5.56 Å². The zero-order valence-electron chi connectivity index (χ0n) is 10.9. The first-order valence-electron chi connectivity index (χ1n) is 5.93. The average Bonchev–Trinajstić information content (AvgIpc) is 2.46. The molecule has 3 N–H and O–H groups in total. The molecule has 0 radical (unpaired) electrons. The highest BCUT2D eigenvalue weighted by Gasteiger charge is 2.11. The largest absolute Gasteiger partial charge is 0.472 e. The van der Waals surface area contributed by atoms with Crippen molar-refractivity contribution in [3.8, 4) is 5.88 Å². The molecule has 0 aliphatic heterocycles. The summed E-state index contributed by atoms with van der Waals surface area (Å²) in [6, 6.07) is 11.2. The predicted octanol–water partition coefficient (Wildman–Crippen LogP) is 2.83. The monoisotopic (exact) mass is 335 g/mol. The second-order valence-electron chi connectivity index (χ2n) is 4.17. The number of aromatic nitrogens is 1. The van der Waals surface area contributed by atoms with E-state index < -0.39 is 0 Å². The van der Waals surface area contributed by atoms with Crippen LogP contribution in [0.2, 0.25) is 0 Å². The van der Waals surface area contributed by atoms with E-state index in [9.17, 15) is 0 Å². The van der Waals surface area contributed by atoms with Crippen LogP contribution in [0.25, 0.3) is 0 Å². The smallest absolute Gasteiger partial charge is 0.225 e. The Morgan fingerprint density at radius 1 is 1.35 bits per heavy atom. The van der Waals surface area contributed by atoms with E-state index in [4.69, 9.17) is 15.7 Å². The summed E-state index contributed by atoms with van der Waals surface area (Å²) in [5.41, 5.74) is 7.86. The number of pyridine rings is 1. The first kappa shape index (κ1) is 14.3. The number of halogens is 1. The van der Waals surface area contributed by atoms with Gasteiger partial charge in [-0.2, -0.15) is 0 Å². The van der Waals surface area contributed by atoms with Crippen LogP contribution in [0.1, 0.15) is 16.8 Å². The Balaban J connectivity index is 2.25. The third-order valence-electron chi connectivity index (χ3n) is 2.71. The van der Waals surface area contributed by atoms with Crippen molar-refractivity contribution in [2.45, 2.75) is 13.5 Å². The lowest BCUT2D eigenvalue weighted by Crippen LogP contribution is -2.16. The highest BCUT2D eigenvalue weighted by molar-refractivity contribution is 9.10. The number of aryl methyl sites for hydroxylation is 1. The van der Waals surface area contributed by atoms with Crippen LogP contribution >= 0.6 is 15.9 Å². The van der Waals surface area contributed by atoms with E-state index in [-0.39, 0.29) is 5.84 Å². The molecule has 0 aliphatic rings. The molecular formula is C14H14BrN3O2. The van der Waals surface area contributed by atoms with Gasteiger partial charge in [0.25, 0.3) is 0 Å². The molecule has 0 amide bonds. The number of benzene rings is 1. The van der Waals surface area contributed by atoms with Crippen molar-refractivity contribution in [3.05, 3.63) is 57.7 Å². The van der Waals surface area contributed by atoms with E-state index >= 15 is 0 Å². The van der Waals surface area contributed by atoms with E-state index in [1.165, 1.54) is 0 Å². The maximum Gasteiger partial charge on any atom is 0.225 e. The molecule has 6 heteroatoms. The third kappa shape index (κ3) is 3.27. The summed E-state index contributed by atoms with van der Waals surface area (Å²) >= 11 is 3.46. The summed E-state index contributed by atoms with van der Waals surface area (Å²) in [7, 11) is 0. The molecule has 1 aromatic heterocycles. The fourth-order valence-corrected chi connectivity index (χ4v) is 2.05. The average molecular weight is 336 g/mol. The van der Waals surface area contributed by atoms with Gasteiger partial charge in [0, 0.05) is 15.7 Å². The van der Waals surface area contributed by atoms with Crippen molar-refractivity contribution < 1.29 is 9.94 Å². The molecule has 2 aromatic rings. The topological polar surface area (TPSA) is 80.7 Å². The second-order valence-corrected chi connectivity index (χ2v) is 5.03. The molecule has 5 nitrogen and oxygen atoms in total. The highest BCUT2D eigenvalue weighted by atomic mass is 79.9. The summed E-state index contributed by atoms with van der Waals surface area (Å²) in [5, 5.41) is 11.8. The first-order valence-corrected chi connectivity index (χ1v) is 6.73. The number of amidine groups is 1. The molecule has 0 aliphatic carbocycles. The van der Waals surface area contributed by atoms with Crippen LogP contribution in [-0.2, 0) is 6.61 Å². The minimum absolute atomic E-state index is 0.0281. The summed E-state index contributed by atoms with van der Waals surface area (Å²) < 4.78 is 6.65. The van der Waals surface area contributed by atoms with Gasteiger partial charge in [-0.1, -0.05) is 39.3 Å². The van der Waals surface area contributed by atoms with Crippen LogP contribution in [0.15, 0.2) is 46.0 Å². The van der Waals surface area contributed by atoms with Crippen LogP contribution < -0.4 is 10.5 Å². The van der Waals surface area contributed by atoms with Crippen LogP contribution in [-0.4, -0.2) is 16.0 Å². The normalized spacial score (nSPS) is 11.4. The van der Waals surface area contributed by atoms with E-state index in [2.05, 4.69) is 26.1 Å². The highest BCUT2D eigenvalue weighted by Crippen LogP contribution is 2.21. The number of ether oxygens (including phenoxy) is 1. The van der Waals surface area contributed by atoms with Crippen molar-refractivity contribution >= 4 is 21.8 Å². The number of rotatable bonds is 4. The Morgan fingerprint density at radius 3 is 2.80 bits per heavy atom. The predicted molar refractivity (Wildman–Crippen MR) is 80.0 cm³/mol. The second kappa shape index (κ2) is 6.38. The van der Waals surface area contributed by atoms with Gasteiger partial charge in [0.2, 0.25) is 5.88 Å². The number of hydrogen-bond acceptors (Lipinski definition) is 4. The molecule has 20 heavy (non-hydrogen) atoms. The SMILES string of the molecule is Cc1ccc(/C(N)=N/O)c(OCc2ccccc2Br)n1. The molecule has 0 saturated carbocycles. The van der Waals surface area contributed by atoms with Crippen molar-refractivity contribution in [1.29, 1.82) is 0 Å². The maximum atomic E-state index is 8.78. The zero-order valence-corrected chi connectivity index (χ0v) is 12.5. The molecule has 104 valence electrons. The lowest BCUT2D eigenvalue weighted by Gasteiger charge is -2.11. The van der Waals surface area contributed by atoms with Crippen molar-refractivity contribution in [2.24, 2.45) is 10.9 Å². The van der Waals surface area contributed by atoms with Gasteiger partial charge >= 0.3 is 0 Å². The molecule has 0 bridgehead atoms. The molecule has 0 spiro atoms. The standard InChI is InChI=1S/C14H14BrN3O2/c1-9-6-7-11(13(16)18-19)14(17-9)20-8-10-4-2-3-5-12(10)15/h2-7,19H,8H2,1H3,(H2,16,18). The number of oxime groups is 1. The lowest BCUT2D eigenvalue weighted by atomic mass is 10.2. The van der Waals surface area contributed by atoms with E-state index in [1.807, 2.05) is 31.2 Å². The van der Waals surface area contributed by atoms with Crippen LogP contribution in [0.3, 0.4) is 0 Å².